The molecule has 2 amide bonds. The summed E-state index contributed by atoms with van der Waals surface area (Å²) in [7, 11) is 0. The summed E-state index contributed by atoms with van der Waals surface area (Å²) < 4.78 is 10.1. The highest BCUT2D eigenvalue weighted by atomic mass is 32.1. The first-order valence-corrected chi connectivity index (χ1v) is 10.5. The third kappa shape index (κ3) is 4.86. The van der Waals surface area contributed by atoms with Crippen LogP contribution in [0.25, 0.3) is 22.2 Å². The molecule has 0 fully saturated rings. The van der Waals surface area contributed by atoms with Gasteiger partial charge in [-0.05, 0) is 26.0 Å². The van der Waals surface area contributed by atoms with Gasteiger partial charge < -0.3 is 19.7 Å². The van der Waals surface area contributed by atoms with Gasteiger partial charge in [0, 0.05) is 31.0 Å². The van der Waals surface area contributed by atoms with E-state index in [9.17, 15) is 9.59 Å². The highest BCUT2D eigenvalue weighted by Gasteiger charge is 2.17. The SMILES string of the molecule is Cc1noc(-c2sc(NC(=O)CCNC(=O)c3cccc(-c4noc(C)n4)c3)nc2C)n1. The van der Waals surface area contributed by atoms with Crippen LogP contribution in [0.5, 0.6) is 0 Å². The molecule has 4 aromatic rings. The lowest BCUT2D eigenvalue weighted by atomic mass is 10.1. The van der Waals surface area contributed by atoms with E-state index >= 15 is 0 Å². The molecule has 3 aromatic heterocycles. The second-order valence-corrected chi connectivity index (χ2v) is 7.85. The van der Waals surface area contributed by atoms with Gasteiger partial charge in [0.05, 0.1) is 5.69 Å². The molecule has 32 heavy (non-hydrogen) atoms. The summed E-state index contributed by atoms with van der Waals surface area (Å²) >= 11 is 1.25. The van der Waals surface area contributed by atoms with E-state index in [1.165, 1.54) is 11.3 Å². The minimum atomic E-state index is -0.306. The van der Waals surface area contributed by atoms with Gasteiger partial charge in [-0.15, -0.1) is 0 Å². The molecule has 0 aliphatic carbocycles. The van der Waals surface area contributed by atoms with Gasteiger partial charge in [-0.25, -0.2) is 4.98 Å². The summed E-state index contributed by atoms with van der Waals surface area (Å²) in [5.74, 6) is 1.15. The maximum absolute atomic E-state index is 12.4. The van der Waals surface area contributed by atoms with Crippen molar-refractivity contribution in [1.29, 1.82) is 0 Å². The van der Waals surface area contributed by atoms with Crippen molar-refractivity contribution in [3.05, 3.63) is 47.2 Å². The fourth-order valence-corrected chi connectivity index (χ4v) is 3.73. The van der Waals surface area contributed by atoms with Crippen LogP contribution in [-0.2, 0) is 4.79 Å². The molecule has 0 unspecified atom stereocenters. The molecular weight excluding hydrogens is 434 g/mol. The number of anilines is 1. The standard InChI is InChI=1S/C20H19N7O4S/c1-10-16(19-23-11(2)26-31-19)32-20(22-10)25-15(28)7-8-21-18(29)14-6-4-5-13(9-14)17-24-12(3)30-27-17/h4-6,9H,7-8H2,1-3H3,(H,21,29)(H,22,25,28). The van der Waals surface area contributed by atoms with E-state index in [0.717, 1.165) is 0 Å². The zero-order valence-electron chi connectivity index (χ0n) is 17.5. The van der Waals surface area contributed by atoms with E-state index in [-0.39, 0.29) is 24.8 Å². The maximum Gasteiger partial charge on any atom is 0.269 e. The predicted molar refractivity (Wildman–Crippen MR) is 115 cm³/mol. The van der Waals surface area contributed by atoms with Crippen molar-refractivity contribution in [2.75, 3.05) is 11.9 Å². The molecule has 0 bridgehead atoms. The Morgan fingerprint density at radius 3 is 2.62 bits per heavy atom. The van der Waals surface area contributed by atoms with Crippen LogP contribution in [0, 0.1) is 20.8 Å². The number of hydrogen-bond donors (Lipinski definition) is 2. The van der Waals surface area contributed by atoms with E-state index in [1.807, 2.05) is 0 Å². The number of benzene rings is 1. The van der Waals surface area contributed by atoms with E-state index in [2.05, 4.69) is 35.9 Å². The quantitative estimate of drug-likeness (QED) is 0.430. The van der Waals surface area contributed by atoms with Crippen molar-refractivity contribution in [2.45, 2.75) is 27.2 Å². The summed E-state index contributed by atoms with van der Waals surface area (Å²) in [5, 5.41) is 13.5. The average Bonchev–Trinajstić information content (AvgIpc) is 3.48. The molecule has 0 aliphatic rings. The molecule has 0 saturated heterocycles. The number of nitrogens with one attached hydrogen (secondary N) is 2. The number of carbonyl (C=O) groups is 2. The van der Waals surface area contributed by atoms with Gasteiger partial charge >= 0.3 is 0 Å². The molecule has 0 atom stereocenters. The molecule has 0 saturated carbocycles. The molecule has 0 spiro atoms. The number of thiazole rings is 1. The molecular formula is C20H19N7O4S. The van der Waals surface area contributed by atoms with Crippen molar-refractivity contribution in [3.8, 4) is 22.2 Å². The summed E-state index contributed by atoms with van der Waals surface area (Å²) in [6.07, 6.45) is 0.0864. The van der Waals surface area contributed by atoms with Gasteiger partial charge in [0.25, 0.3) is 11.8 Å². The van der Waals surface area contributed by atoms with Crippen molar-refractivity contribution in [3.63, 3.8) is 0 Å². The molecule has 11 nitrogen and oxygen atoms in total. The van der Waals surface area contributed by atoms with Crippen LogP contribution >= 0.6 is 11.3 Å². The molecule has 12 heteroatoms. The predicted octanol–water partition coefficient (Wildman–Crippen LogP) is 2.93. The summed E-state index contributed by atoms with van der Waals surface area (Å²) in [5.41, 5.74) is 1.78. The van der Waals surface area contributed by atoms with Gasteiger partial charge in [-0.3, -0.25) is 9.59 Å². The molecule has 1 aromatic carbocycles. The van der Waals surface area contributed by atoms with Crippen LogP contribution in [-0.4, -0.2) is 43.6 Å². The number of rotatable bonds is 7. The Bertz CT molecular complexity index is 1280. The maximum atomic E-state index is 12.4. The Balaban J connectivity index is 1.30. The van der Waals surface area contributed by atoms with Gasteiger partial charge in [-0.1, -0.05) is 33.8 Å². The topological polar surface area (TPSA) is 149 Å². The molecule has 2 N–H and O–H groups in total. The molecule has 3 heterocycles. The number of amides is 2. The van der Waals surface area contributed by atoms with E-state index in [1.54, 1.807) is 45.0 Å². The third-order valence-corrected chi connectivity index (χ3v) is 5.37. The van der Waals surface area contributed by atoms with Crippen LogP contribution in [0.1, 0.15) is 34.2 Å². The third-order valence-electron chi connectivity index (χ3n) is 4.31. The monoisotopic (exact) mass is 453 g/mol. The van der Waals surface area contributed by atoms with Gasteiger partial charge in [-0.2, -0.15) is 9.97 Å². The van der Waals surface area contributed by atoms with Gasteiger partial charge in [0.2, 0.25) is 17.6 Å². The zero-order chi connectivity index (χ0) is 22.7. The zero-order valence-corrected chi connectivity index (χ0v) is 18.3. The normalized spacial score (nSPS) is 10.8. The summed E-state index contributed by atoms with van der Waals surface area (Å²) in [4.78, 5) is 38.0. The fourth-order valence-electron chi connectivity index (χ4n) is 2.83. The largest absolute Gasteiger partial charge is 0.352 e. The van der Waals surface area contributed by atoms with E-state index in [4.69, 9.17) is 9.05 Å². The highest BCUT2D eigenvalue weighted by Crippen LogP contribution is 2.31. The minimum absolute atomic E-state index is 0.0864. The number of carbonyl (C=O) groups excluding carboxylic acids is 2. The number of nitrogens with zero attached hydrogens (tertiary/aromatic N) is 5. The van der Waals surface area contributed by atoms with E-state index < -0.39 is 0 Å². The second-order valence-electron chi connectivity index (χ2n) is 6.85. The van der Waals surface area contributed by atoms with Crippen molar-refractivity contribution in [1.82, 2.24) is 30.6 Å². The lowest BCUT2D eigenvalue weighted by Gasteiger charge is -2.06. The first kappa shape index (κ1) is 21.3. The Morgan fingerprint density at radius 2 is 1.91 bits per heavy atom. The Kier molecular flexibility index (Phi) is 6.03. The lowest BCUT2D eigenvalue weighted by Crippen LogP contribution is -2.27. The highest BCUT2D eigenvalue weighted by molar-refractivity contribution is 7.19. The molecule has 0 radical (unpaired) electrons. The number of hydrogen-bond acceptors (Lipinski definition) is 10. The van der Waals surface area contributed by atoms with Crippen LogP contribution < -0.4 is 10.6 Å². The summed E-state index contributed by atoms with van der Waals surface area (Å²) in [6, 6.07) is 6.86. The Morgan fingerprint density at radius 1 is 1.06 bits per heavy atom. The lowest BCUT2D eigenvalue weighted by molar-refractivity contribution is -0.116. The van der Waals surface area contributed by atoms with Crippen LogP contribution in [0.15, 0.2) is 33.3 Å². The van der Waals surface area contributed by atoms with Crippen molar-refractivity contribution in [2.24, 2.45) is 0 Å². The minimum Gasteiger partial charge on any atom is -0.352 e. The number of aromatic nitrogens is 5. The van der Waals surface area contributed by atoms with E-state index in [0.29, 0.717) is 50.3 Å². The fraction of sp³-hybridized carbons (Fsp3) is 0.250. The smallest absolute Gasteiger partial charge is 0.269 e. The first-order chi connectivity index (χ1) is 15.4. The Hall–Kier alpha value is -3.93. The van der Waals surface area contributed by atoms with Gasteiger partial charge in [0.1, 0.15) is 4.88 Å². The summed E-state index contributed by atoms with van der Waals surface area (Å²) in [6.45, 7) is 5.38. The van der Waals surface area contributed by atoms with Crippen molar-refractivity contribution < 1.29 is 18.6 Å². The Labute approximate surface area is 186 Å². The van der Waals surface area contributed by atoms with Gasteiger partial charge in [0.15, 0.2) is 11.0 Å². The first-order valence-electron chi connectivity index (χ1n) is 9.66. The van der Waals surface area contributed by atoms with Crippen LogP contribution in [0.3, 0.4) is 0 Å². The molecule has 164 valence electrons. The average molecular weight is 453 g/mol. The van der Waals surface area contributed by atoms with Crippen LogP contribution in [0.4, 0.5) is 5.13 Å². The van der Waals surface area contributed by atoms with Crippen LogP contribution in [0.2, 0.25) is 0 Å². The molecule has 4 rings (SSSR count). The number of aryl methyl sites for hydroxylation is 3. The second kappa shape index (κ2) is 9.06. The molecule has 0 aliphatic heterocycles. The van der Waals surface area contributed by atoms with Crippen molar-refractivity contribution >= 4 is 28.3 Å².